The van der Waals surface area contributed by atoms with Gasteiger partial charge in [-0.05, 0) is 11.8 Å². The molecule has 1 aromatic heterocycles. The SMILES string of the molecule is CC[C@H](C)[C@H](Nc1cc(C(C)C)ncn1)C(=O)O. The van der Waals surface area contributed by atoms with Crippen LogP contribution in [-0.2, 0) is 4.79 Å². The Hall–Kier alpha value is -1.65. The van der Waals surface area contributed by atoms with E-state index in [1.54, 1.807) is 0 Å². The fourth-order valence-corrected chi connectivity index (χ4v) is 1.61. The molecule has 0 aliphatic rings. The Bertz CT molecular complexity index is 407. The fraction of sp³-hybridized carbons (Fsp3) is 0.615. The molecule has 0 aliphatic carbocycles. The summed E-state index contributed by atoms with van der Waals surface area (Å²) in [5.41, 5.74) is 0.904. The van der Waals surface area contributed by atoms with Gasteiger partial charge in [-0.25, -0.2) is 14.8 Å². The molecule has 0 radical (unpaired) electrons. The number of anilines is 1. The van der Waals surface area contributed by atoms with Crippen LogP contribution < -0.4 is 5.32 Å². The molecule has 0 aromatic carbocycles. The summed E-state index contributed by atoms with van der Waals surface area (Å²) in [6.45, 7) is 7.96. The highest BCUT2D eigenvalue weighted by atomic mass is 16.4. The first kappa shape index (κ1) is 14.4. The Labute approximate surface area is 108 Å². The van der Waals surface area contributed by atoms with Crippen molar-refractivity contribution in [2.45, 2.75) is 46.1 Å². The standard InChI is InChI=1S/C13H21N3O2/c1-5-9(4)12(13(17)18)16-11-6-10(8(2)3)14-7-15-11/h6-9,12H,5H2,1-4H3,(H,17,18)(H,14,15,16)/t9-,12-/m0/s1. The molecule has 100 valence electrons. The third-order valence-electron chi connectivity index (χ3n) is 3.06. The molecule has 0 saturated heterocycles. The van der Waals surface area contributed by atoms with Gasteiger partial charge in [-0.3, -0.25) is 0 Å². The van der Waals surface area contributed by atoms with Gasteiger partial charge in [0.05, 0.1) is 0 Å². The minimum absolute atomic E-state index is 0.0416. The second kappa shape index (κ2) is 6.33. The van der Waals surface area contributed by atoms with Crippen LogP contribution in [0.25, 0.3) is 0 Å². The maximum absolute atomic E-state index is 11.2. The maximum Gasteiger partial charge on any atom is 0.326 e. The van der Waals surface area contributed by atoms with Crippen molar-refractivity contribution in [2.24, 2.45) is 5.92 Å². The third kappa shape index (κ3) is 3.68. The van der Waals surface area contributed by atoms with Crippen LogP contribution in [0.3, 0.4) is 0 Å². The molecule has 1 aromatic rings. The Morgan fingerprint density at radius 2 is 2.06 bits per heavy atom. The molecule has 0 unspecified atom stereocenters. The number of aromatic nitrogens is 2. The summed E-state index contributed by atoms with van der Waals surface area (Å²) in [7, 11) is 0. The molecule has 1 heterocycles. The van der Waals surface area contributed by atoms with Crippen LogP contribution in [0, 0.1) is 5.92 Å². The number of hydrogen-bond acceptors (Lipinski definition) is 4. The van der Waals surface area contributed by atoms with E-state index >= 15 is 0 Å². The van der Waals surface area contributed by atoms with Crippen LogP contribution in [-0.4, -0.2) is 27.1 Å². The van der Waals surface area contributed by atoms with E-state index in [0.717, 1.165) is 12.1 Å². The van der Waals surface area contributed by atoms with Gasteiger partial charge in [-0.15, -0.1) is 0 Å². The van der Waals surface area contributed by atoms with E-state index in [2.05, 4.69) is 15.3 Å². The largest absolute Gasteiger partial charge is 0.480 e. The zero-order chi connectivity index (χ0) is 13.7. The predicted octanol–water partition coefficient (Wildman–Crippen LogP) is 2.51. The van der Waals surface area contributed by atoms with Gasteiger partial charge in [0, 0.05) is 11.8 Å². The summed E-state index contributed by atoms with van der Waals surface area (Å²) in [6.07, 6.45) is 2.26. The fourth-order valence-electron chi connectivity index (χ4n) is 1.61. The van der Waals surface area contributed by atoms with Gasteiger partial charge in [-0.2, -0.15) is 0 Å². The molecule has 2 atom stereocenters. The van der Waals surface area contributed by atoms with Gasteiger partial charge in [0.15, 0.2) is 0 Å². The smallest absolute Gasteiger partial charge is 0.326 e. The van der Waals surface area contributed by atoms with E-state index in [-0.39, 0.29) is 5.92 Å². The highest BCUT2D eigenvalue weighted by molar-refractivity contribution is 5.77. The number of carboxylic acid groups (broad SMARTS) is 1. The second-order valence-electron chi connectivity index (χ2n) is 4.83. The number of aliphatic carboxylic acids is 1. The van der Waals surface area contributed by atoms with Gasteiger partial charge >= 0.3 is 5.97 Å². The number of nitrogens with zero attached hydrogens (tertiary/aromatic N) is 2. The lowest BCUT2D eigenvalue weighted by molar-refractivity contribution is -0.139. The van der Waals surface area contributed by atoms with Crippen molar-refractivity contribution in [3.8, 4) is 0 Å². The molecule has 0 bridgehead atoms. The first-order valence-corrected chi connectivity index (χ1v) is 6.27. The van der Waals surface area contributed by atoms with Crippen LogP contribution in [0.2, 0.25) is 0 Å². The lowest BCUT2D eigenvalue weighted by Gasteiger charge is -2.20. The second-order valence-corrected chi connectivity index (χ2v) is 4.83. The average molecular weight is 251 g/mol. The van der Waals surface area contributed by atoms with Gasteiger partial charge in [0.25, 0.3) is 0 Å². The molecule has 0 saturated carbocycles. The minimum atomic E-state index is -0.853. The molecular formula is C13H21N3O2. The Morgan fingerprint density at radius 3 is 2.56 bits per heavy atom. The normalized spacial score (nSPS) is 14.3. The van der Waals surface area contributed by atoms with Crippen molar-refractivity contribution < 1.29 is 9.90 Å². The predicted molar refractivity (Wildman–Crippen MR) is 70.6 cm³/mol. The van der Waals surface area contributed by atoms with E-state index in [9.17, 15) is 9.90 Å². The summed E-state index contributed by atoms with van der Waals surface area (Å²) in [5, 5.41) is 12.2. The van der Waals surface area contributed by atoms with Crippen molar-refractivity contribution in [3.63, 3.8) is 0 Å². The molecule has 0 amide bonds. The molecule has 18 heavy (non-hydrogen) atoms. The Kier molecular flexibility index (Phi) is 5.07. The zero-order valence-electron chi connectivity index (χ0n) is 11.3. The first-order chi connectivity index (χ1) is 8.45. The van der Waals surface area contributed by atoms with Gasteiger partial charge in [0.2, 0.25) is 0 Å². The Morgan fingerprint density at radius 1 is 1.39 bits per heavy atom. The van der Waals surface area contributed by atoms with Gasteiger partial charge < -0.3 is 10.4 Å². The quantitative estimate of drug-likeness (QED) is 0.812. The van der Waals surface area contributed by atoms with Crippen molar-refractivity contribution >= 4 is 11.8 Å². The topological polar surface area (TPSA) is 75.1 Å². The maximum atomic E-state index is 11.2. The molecule has 0 fully saturated rings. The number of hydrogen-bond donors (Lipinski definition) is 2. The lowest BCUT2D eigenvalue weighted by Crippen LogP contribution is -2.35. The van der Waals surface area contributed by atoms with Crippen LogP contribution in [0.5, 0.6) is 0 Å². The summed E-state index contributed by atoms with van der Waals surface area (Å²) < 4.78 is 0. The molecule has 1 rings (SSSR count). The highest BCUT2D eigenvalue weighted by Crippen LogP contribution is 2.17. The first-order valence-electron chi connectivity index (χ1n) is 6.27. The number of rotatable bonds is 6. The molecule has 5 nitrogen and oxygen atoms in total. The minimum Gasteiger partial charge on any atom is -0.480 e. The number of carbonyl (C=O) groups is 1. The average Bonchev–Trinajstić information content (AvgIpc) is 2.35. The van der Waals surface area contributed by atoms with Crippen molar-refractivity contribution in [1.82, 2.24) is 9.97 Å². The monoisotopic (exact) mass is 251 g/mol. The summed E-state index contributed by atoms with van der Waals surface area (Å²) in [4.78, 5) is 19.4. The molecule has 0 aliphatic heterocycles. The third-order valence-corrected chi connectivity index (χ3v) is 3.06. The zero-order valence-corrected chi connectivity index (χ0v) is 11.3. The molecular weight excluding hydrogens is 230 g/mol. The van der Waals surface area contributed by atoms with E-state index in [1.165, 1.54) is 6.33 Å². The van der Waals surface area contributed by atoms with Crippen LogP contribution >= 0.6 is 0 Å². The van der Waals surface area contributed by atoms with Crippen molar-refractivity contribution in [1.29, 1.82) is 0 Å². The highest BCUT2D eigenvalue weighted by Gasteiger charge is 2.23. The lowest BCUT2D eigenvalue weighted by atomic mass is 9.99. The molecule has 5 heteroatoms. The van der Waals surface area contributed by atoms with Crippen LogP contribution in [0.1, 0.15) is 45.7 Å². The summed E-state index contributed by atoms with van der Waals surface area (Å²) >= 11 is 0. The van der Waals surface area contributed by atoms with Crippen LogP contribution in [0.4, 0.5) is 5.82 Å². The van der Waals surface area contributed by atoms with E-state index in [1.807, 2.05) is 33.8 Å². The Balaban J connectivity index is 2.87. The van der Waals surface area contributed by atoms with Gasteiger partial charge in [0.1, 0.15) is 18.2 Å². The van der Waals surface area contributed by atoms with Crippen molar-refractivity contribution in [2.75, 3.05) is 5.32 Å². The van der Waals surface area contributed by atoms with Crippen LogP contribution in [0.15, 0.2) is 12.4 Å². The van der Waals surface area contributed by atoms with E-state index in [4.69, 9.17) is 0 Å². The van der Waals surface area contributed by atoms with Gasteiger partial charge in [-0.1, -0.05) is 34.1 Å². The van der Waals surface area contributed by atoms with Crippen molar-refractivity contribution in [3.05, 3.63) is 18.1 Å². The molecule has 0 spiro atoms. The summed E-state index contributed by atoms with van der Waals surface area (Å²) in [5.74, 6) is 0.0517. The number of carboxylic acids is 1. The number of nitrogens with one attached hydrogen (secondary N) is 1. The summed E-state index contributed by atoms with van der Waals surface area (Å²) in [6, 6.07) is 1.19. The molecule has 2 N–H and O–H groups in total. The van der Waals surface area contributed by atoms with E-state index in [0.29, 0.717) is 11.7 Å². The van der Waals surface area contributed by atoms with E-state index < -0.39 is 12.0 Å².